The van der Waals surface area contributed by atoms with Crippen LogP contribution in [0.1, 0.15) is 52.0 Å². The summed E-state index contributed by atoms with van der Waals surface area (Å²) in [6, 6.07) is 1.93. The molecule has 0 aromatic carbocycles. The van der Waals surface area contributed by atoms with E-state index < -0.39 is 11.7 Å². The number of hydrogen-bond acceptors (Lipinski definition) is 4. The highest BCUT2D eigenvalue weighted by molar-refractivity contribution is 5.61. The van der Waals surface area contributed by atoms with Gasteiger partial charge in [0.15, 0.2) is 0 Å². The molecular formula is C20H28O4. The maximum absolute atomic E-state index is 11.2. The van der Waals surface area contributed by atoms with Crippen LogP contribution in [0.4, 0.5) is 0 Å². The molecule has 132 valence electrons. The lowest BCUT2D eigenvalue weighted by molar-refractivity contribution is -0.230. The van der Waals surface area contributed by atoms with E-state index in [1.807, 2.05) is 13.0 Å². The summed E-state index contributed by atoms with van der Waals surface area (Å²) in [4.78, 5) is 0. The molecule has 4 nitrogen and oxygen atoms in total. The van der Waals surface area contributed by atoms with Gasteiger partial charge in [-0.15, -0.1) is 0 Å². The summed E-state index contributed by atoms with van der Waals surface area (Å²) in [5, 5.41) is 21.6. The van der Waals surface area contributed by atoms with Crippen LogP contribution in [0.25, 0.3) is 5.76 Å². The number of rotatable bonds is 1. The fourth-order valence-corrected chi connectivity index (χ4v) is 5.66. The maximum atomic E-state index is 11.2. The maximum Gasteiger partial charge on any atom is 0.126 e. The molecule has 2 fully saturated rings. The van der Waals surface area contributed by atoms with Gasteiger partial charge in [-0.2, -0.15) is 0 Å². The molecule has 2 saturated carbocycles. The number of furan rings is 1. The molecule has 6 atom stereocenters. The predicted octanol–water partition coefficient (Wildman–Crippen LogP) is 3.60. The first-order chi connectivity index (χ1) is 11.3. The molecule has 1 aromatic rings. The second-order valence-electron chi connectivity index (χ2n) is 8.57. The van der Waals surface area contributed by atoms with Gasteiger partial charge in [0, 0.05) is 10.8 Å². The molecule has 1 aromatic heterocycles. The lowest BCUT2D eigenvalue weighted by atomic mass is 9.44. The van der Waals surface area contributed by atoms with Gasteiger partial charge >= 0.3 is 0 Å². The van der Waals surface area contributed by atoms with E-state index >= 15 is 0 Å². The van der Waals surface area contributed by atoms with Crippen molar-refractivity contribution in [1.29, 1.82) is 0 Å². The van der Waals surface area contributed by atoms with Gasteiger partial charge in [-0.3, -0.25) is 0 Å². The van der Waals surface area contributed by atoms with Gasteiger partial charge in [-0.25, -0.2) is 0 Å². The highest BCUT2D eigenvalue weighted by Gasteiger charge is 2.64. The first-order valence-electron chi connectivity index (χ1n) is 9.10. The van der Waals surface area contributed by atoms with Gasteiger partial charge in [-0.1, -0.05) is 13.8 Å². The zero-order valence-corrected chi connectivity index (χ0v) is 14.8. The predicted molar refractivity (Wildman–Crippen MR) is 90.9 cm³/mol. The van der Waals surface area contributed by atoms with Crippen LogP contribution in [0.15, 0.2) is 29.1 Å². The van der Waals surface area contributed by atoms with Crippen molar-refractivity contribution in [3.05, 3.63) is 30.2 Å². The Morgan fingerprint density at radius 2 is 2.00 bits per heavy atom. The number of aliphatic hydroxyl groups excluding tert-OH is 1. The van der Waals surface area contributed by atoms with E-state index in [1.54, 1.807) is 12.5 Å². The molecule has 4 rings (SSSR count). The molecular weight excluding hydrogens is 304 g/mol. The Hall–Kier alpha value is -1.26. The molecule has 2 N–H and O–H groups in total. The summed E-state index contributed by atoms with van der Waals surface area (Å²) >= 11 is 0. The van der Waals surface area contributed by atoms with E-state index in [1.165, 1.54) is 0 Å². The molecule has 24 heavy (non-hydrogen) atoms. The minimum Gasteiger partial charge on any atom is -0.492 e. The fourth-order valence-electron chi connectivity index (χ4n) is 5.66. The third kappa shape index (κ3) is 1.93. The minimum absolute atomic E-state index is 0.0796. The number of fused-ring (bicyclic) bond motifs is 2. The molecule has 1 spiro atoms. The topological polar surface area (TPSA) is 62.8 Å². The molecule has 2 aliphatic carbocycles. The summed E-state index contributed by atoms with van der Waals surface area (Å²) in [7, 11) is 0. The van der Waals surface area contributed by atoms with Crippen molar-refractivity contribution < 1.29 is 19.4 Å². The van der Waals surface area contributed by atoms with Crippen LogP contribution in [-0.4, -0.2) is 28.5 Å². The Kier molecular flexibility index (Phi) is 3.46. The van der Waals surface area contributed by atoms with Crippen LogP contribution < -0.4 is 0 Å². The van der Waals surface area contributed by atoms with E-state index in [2.05, 4.69) is 19.9 Å². The van der Waals surface area contributed by atoms with Gasteiger partial charge in [0.2, 0.25) is 0 Å². The van der Waals surface area contributed by atoms with Crippen LogP contribution in [0.5, 0.6) is 0 Å². The third-order valence-corrected chi connectivity index (χ3v) is 7.65. The van der Waals surface area contributed by atoms with Crippen LogP contribution in [0.3, 0.4) is 0 Å². The van der Waals surface area contributed by atoms with Crippen LogP contribution in [0, 0.1) is 22.7 Å². The van der Waals surface area contributed by atoms with Crippen molar-refractivity contribution in [2.45, 2.75) is 58.2 Å². The average Bonchev–Trinajstić information content (AvgIpc) is 3.20. The van der Waals surface area contributed by atoms with Crippen LogP contribution in [-0.2, 0) is 4.74 Å². The smallest absolute Gasteiger partial charge is 0.126 e. The molecule has 0 saturated heterocycles. The van der Waals surface area contributed by atoms with Gasteiger partial charge in [-0.05, 0) is 56.6 Å². The lowest BCUT2D eigenvalue weighted by Crippen LogP contribution is -2.65. The van der Waals surface area contributed by atoms with E-state index in [4.69, 9.17) is 9.15 Å². The van der Waals surface area contributed by atoms with Crippen LogP contribution in [0.2, 0.25) is 0 Å². The molecule has 0 unspecified atom stereocenters. The highest BCUT2D eigenvalue weighted by atomic mass is 16.5. The highest BCUT2D eigenvalue weighted by Crippen LogP contribution is 2.65. The number of ether oxygens (including phenoxy) is 1. The quantitative estimate of drug-likeness (QED) is 0.825. The molecule has 0 radical (unpaired) electrons. The zero-order chi connectivity index (χ0) is 17.2. The Morgan fingerprint density at radius 3 is 2.71 bits per heavy atom. The van der Waals surface area contributed by atoms with Gasteiger partial charge in [0.05, 0.1) is 30.1 Å². The fraction of sp³-hybridized carbons (Fsp3) is 0.700. The summed E-state index contributed by atoms with van der Waals surface area (Å²) in [5.41, 5.74) is -0.462. The van der Waals surface area contributed by atoms with Gasteiger partial charge < -0.3 is 19.4 Å². The zero-order valence-electron chi connectivity index (χ0n) is 14.8. The van der Waals surface area contributed by atoms with E-state index in [0.717, 1.165) is 30.6 Å². The number of hydrogen-bond donors (Lipinski definition) is 2. The standard InChI is InChI=1S/C20H28O4/c1-13-6-8-18(2)16(4-5-17(21)19(18,3)22)20(13)10-15(24-12-20)14-7-9-23-11-14/h7,9-11,13,16-17,21-22H,4-6,8,12H2,1-3H3/t13-,16-,17-,18-,19+,20-/m1/s1. The Morgan fingerprint density at radius 1 is 1.21 bits per heavy atom. The SMILES string of the molecule is C[C@@H]1CC[C@]2(C)[C@@H](CC[C@@H](O)[C@]2(C)O)[C@@]12C=C(c1ccoc1)OC2. The van der Waals surface area contributed by atoms with Crippen molar-refractivity contribution >= 4 is 5.76 Å². The first kappa shape index (κ1) is 16.2. The van der Waals surface area contributed by atoms with Crippen molar-refractivity contribution in [1.82, 2.24) is 0 Å². The first-order valence-corrected chi connectivity index (χ1v) is 9.10. The van der Waals surface area contributed by atoms with Crippen molar-refractivity contribution in [2.75, 3.05) is 6.61 Å². The average molecular weight is 332 g/mol. The minimum atomic E-state index is -1.06. The summed E-state index contributed by atoms with van der Waals surface area (Å²) in [6.07, 6.45) is 8.59. The molecule has 1 aliphatic heterocycles. The lowest BCUT2D eigenvalue weighted by Gasteiger charge is -2.62. The van der Waals surface area contributed by atoms with Crippen molar-refractivity contribution in [3.63, 3.8) is 0 Å². The largest absolute Gasteiger partial charge is 0.492 e. The van der Waals surface area contributed by atoms with Crippen molar-refractivity contribution in [3.8, 4) is 0 Å². The monoisotopic (exact) mass is 332 g/mol. The Labute approximate surface area is 143 Å². The summed E-state index contributed by atoms with van der Waals surface area (Å²) in [5.74, 6) is 1.69. The van der Waals surface area contributed by atoms with E-state index in [0.29, 0.717) is 24.9 Å². The van der Waals surface area contributed by atoms with Gasteiger partial charge in [0.25, 0.3) is 0 Å². The third-order valence-electron chi connectivity index (χ3n) is 7.65. The Bertz CT molecular complexity index is 647. The molecule has 2 heterocycles. The second-order valence-corrected chi connectivity index (χ2v) is 8.57. The molecule has 0 amide bonds. The normalized spacial score (nSPS) is 48.0. The summed E-state index contributed by atoms with van der Waals surface area (Å²) < 4.78 is 11.3. The van der Waals surface area contributed by atoms with E-state index in [-0.39, 0.29) is 10.8 Å². The second kappa shape index (κ2) is 5.12. The number of aliphatic hydroxyl groups is 2. The molecule has 3 aliphatic rings. The van der Waals surface area contributed by atoms with E-state index in [9.17, 15) is 10.2 Å². The summed E-state index contributed by atoms with van der Waals surface area (Å²) in [6.45, 7) is 6.94. The molecule has 4 heteroatoms. The van der Waals surface area contributed by atoms with Gasteiger partial charge in [0.1, 0.15) is 12.0 Å². The molecule has 0 bridgehead atoms. The Balaban J connectivity index is 1.78. The van der Waals surface area contributed by atoms with Crippen molar-refractivity contribution in [2.24, 2.45) is 22.7 Å². The van der Waals surface area contributed by atoms with Crippen LogP contribution >= 0.6 is 0 Å².